The third-order valence-corrected chi connectivity index (χ3v) is 3.12. The molecule has 5 heteroatoms. The molecule has 0 radical (unpaired) electrons. The van der Waals surface area contributed by atoms with E-state index in [9.17, 15) is 4.79 Å². The molecular weight excluding hydrogens is 266 g/mol. The number of ether oxygens (including phenoxy) is 1. The van der Waals surface area contributed by atoms with E-state index in [0.29, 0.717) is 18.9 Å². The number of hydrogen-bond donors (Lipinski definition) is 2. The highest BCUT2D eigenvalue weighted by atomic mass is 16.5. The predicted octanol–water partition coefficient (Wildman–Crippen LogP) is 1.94. The summed E-state index contributed by atoms with van der Waals surface area (Å²) in [7, 11) is 0. The van der Waals surface area contributed by atoms with Crippen LogP contribution >= 0.6 is 0 Å². The molecule has 3 N–H and O–H groups in total. The van der Waals surface area contributed by atoms with E-state index in [1.165, 1.54) is 0 Å². The van der Waals surface area contributed by atoms with Crippen LogP contribution in [-0.4, -0.2) is 24.8 Å². The standard InChI is InChI=1S/C16H21N3O2/c1-11(2)7-14(17)16(20)19-18-9-12-8-13-5-3-4-6-15(13)21-10-12/h3-6,8-9,11,14H,7,10,17H2,1-2H3,(H,19,20)/b18-9-/t14-/m1/s1. The predicted molar refractivity (Wildman–Crippen MR) is 84.0 cm³/mol. The van der Waals surface area contributed by atoms with Gasteiger partial charge in [0.2, 0.25) is 0 Å². The molecule has 1 amide bonds. The van der Waals surface area contributed by atoms with Crippen molar-refractivity contribution >= 4 is 18.2 Å². The molecule has 0 aromatic heterocycles. The fraction of sp³-hybridized carbons (Fsp3) is 0.375. The van der Waals surface area contributed by atoms with Crippen LogP contribution in [0.25, 0.3) is 6.08 Å². The van der Waals surface area contributed by atoms with Crippen molar-refractivity contribution in [2.75, 3.05) is 6.61 Å². The van der Waals surface area contributed by atoms with E-state index in [-0.39, 0.29) is 5.91 Å². The Hall–Kier alpha value is -2.14. The number of fused-ring (bicyclic) bond motifs is 1. The number of carbonyl (C=O) groups is 1. The van der Waals surface area contributed by atoms with Crippen LogP contribution in [-0.2, 0) is 4.79 Å². The summed E-state index contributed by atoms with van der Waals surface area (Å²) in [6.07, 6.45) is 4.22. The van der Waals surface area contributed by atoms with Crippen molar-refractivity contribution in [3.63, 3.8) is 0 Å². The van der Waals surface area contributed by atoms with E-state index in [1.54, 1.807) is 6.21 Å². The Bertz CT molecular complexity index is 564. The van der Waals surface area contributed by atoms with E-state index >= 15 is 0 Å². The van der Waals surface area contributed by atoms with Gasteiger partial charge in [0, 0.05) is 11.1 Å². The molecular formula is C16H21N3O2. The average Bonchev–Trinajstić information content (AvgIpc) is 2.46. The normalized spacial score (nSPS) is 15.3. The molecule has 0 bridgehead atoms. The summed E-state index contributed by atoms with van der Waals surface area (Å²) in [5.74, 6) is 0.969. The van der Waals surface area contributed by atoms with Crippen LogP contribution in [0, 0.1) is 5.92 Å². The number of amides is 1. The lowest BCUT2D eigenvalue weighted by atomic mass is 10.0. The molecule has 1 aromatic carbocycles. The van der Waals surface area contributed by atoms with E-state index in [1.807, 2.05) is 44.2 Å². The Morgan fingerprint density at radius 2 is 2.24 bits per heavy atom. The molecule has 2 rings (SSSR count). The van der Waals surface area contributed by atoms with E-state index in [4.69, 9.17) is 10.5 Å². The zero-order valence-electron chi connectivity index (χ0n) is 12.4. The summed E-state index contributed by atoms with van der Waals surface area (Å²) in [5.41, 5.74) is 10.1. The summed E-state index contributed by atoms with van der Waals surface area (Å²) >= 11 is 0. The Morgan fingerprint density at radius 3 is 3.00 bits per heavy atom. The van der Waals surface area contributed by atoms with E-state index < -0.39 is 6.04 Å². The van der Waals surface area contributed by atoms with Gasteiger partial charge in [0.05, 0.1) is 12.3 Å². The fourth-order valence-corrected chi connectivity index (χ4v) is 2.08. The second-order valence-electron chi connectivity index (χ2n) is 5.52. The SMILES string of the molecule is CC(C)C[C@@H](N)C(=O)N/N=C\C1=Cc2ccccc2OC1. The van der Waals surface area contributed by atoms with Gasteiger partial charge in [-0.25, -0.2) is 5.43 Å². The van der Waals surface area contributed by atoms with Gasteiger partial charge in [-0.2, -0.15) is 5.10 Å². The van der Waals surface area contributed by atoms with Crippen LogP contribution in [0.1, 0.15) is 25.8 Å². The molecule has 1 heterocycles. The molecule has 0 saturated heterocycles. The quantitative estimate of drug-likeness (QED) is 0.642. The summed E-state index contributed by atoms with van der Waals surface area (Å²) in [5, 5.41) is 3.94. The Kier molecular flexibility index (Phi) is 5.11. The number of hydrazone groups is 1. The van der Waals surface area contributed by atoms with Crippen molar-refractivity contribution in [3.05, 3.63) is 35.4 Å². The molecule has 0 saturated carbocycles. The number of nitrogens with zero attached hydrogens (tertiary/aromatic N) is 1. The lowest BCUT2D eigenvalue weighted by Crippen LogP contribution is -2.39. The van der Waals surface area contributed by atoms with Crippen molar-refractivity contribution in [1.82, 2.24) is 5.43 Å². The first-order chi connectivity index (χ1) is 10.1. The van der Waals surface area contributed by atoms with Crippen molar-refractivity contribution in [1.29, 1.82) is 0 Å². The first-order valence-electron chi connectivity index (χ1n) is 7.07. The van der Waals surface area contributed by atoms with E-state index in [0.717, 1.165) is 16.9 Å². The van der Waals surface area contributed by atoms with Crippen LogP contribution in [0.2, 0.25) is 0 Å². The van der Waals surface area contributed by atoms with Gasteiger partial charge in [-0.1, -0.05) is 32.0 Å². The highest BCUT2D eigenvalue weighted by molar-refractivity contribution is 5.89. The zero-order chi connectivity index (χ0) is 15.2. The molecule has 112 valence electrons. The molecule has 0 fully saturated rings. The second-order valence-corrected chi connectivity index (χ2v) is 5.52. The fourth-order valence-electron chi connectivity index (χ4n) is 2.08. The number of benzene rings is 1. The van der Waals surface area contributed by atoms with Crippen LogP contribution < -0.4 is 15.9 Å². The third kappa shape index (κ3) is 4.43. The number of para-hydroxylation sites is 1. The highest BCUT2D eigenvalue weighted by Gasteiger charge is 2.14. The van der Waals surface area contributed by atoms with Gasteiger partial charge in [0.25, 0.3) is 5.91 Å². The maximum atomic E-state index is 11.7. The minimum Gasteiger partial charge on any atom is -0.488 e. The van der Waals surface area contributed by atoms with Crippen molar-refractivity contribution in [3.8, 4) is 5.75 Å². The summed E-state index contributed by atoms with van der Waals surface area (Å²) in [4.78, 5) is 11.7. The Morgan fingerprint density at radius 1 is 1.48 bits per heavy atom. The molecule has 1 atom stereocenters. The van der Waals surface area contributed by atoms with Gasteiger partial charge in [-0.3, -0.25) is 4.79 Å². The van der Waals surface area contributed by atoms with Gasteiger partial charge in [-0.15, -0.1) is 0 Å². The molecule has 21 heavy (non-hydrogen) atoms. The highest BCUT2D eigenvalue weighted by Crippen LogP contribution is 2.24. The lowest BCUT2D eigenvalue weighted by Gasteiger charge is -2.15. The largest absolute Gasteiger partial charge is 0.488 e. The average molecular weight is 287 g/mol. The summed E-state index contributed by atoms with van der Waals surface area (Å²) < 4.78 is 5.60. The van der Waals surface area contributed by atoms with Gasteiger partial charge < -0.3 is 10.5 Å². The van der Waals surface area contributed by atoms with Gasteiger partial charge in [-0.05, 0) is 24.5 Å². The lowest BCUT2D eigenvalue weighted by molar-refractivity contribution is -0.122. The maximum Gasteiger partial charge on any atom is 0.256 e. The molecule has 0 unspecified atom stereocenters. The Balaban J connectivity index is 1.91. The van der Waals surface area contributed by atoms with Crippen LogP contribution in [0.3, 0.4) is 0 Å². The Labute approximate surface area is 124 Å². The van der Waals surface area contributed by atoms with E-state index in [2.05, 4.69) is 10.5 Å². The van der Waals surface area contributed by atoms with Crippen LogP contribution in [0.5, 0.6) is 5.75 Å². The van der Waals surface area contributed by atoms with Gasteiger partial charge in [0.15, 0.2) is 0 Å². The number of carbonyl (C=O) groups excluding carboxylic acids is 1. The monoisotopic (exact) mass is 287 g/mol. The number of rotatable bonds is 5. The second kappa shape index (κ2) is 7.04. The molecule has 1 aliphatic rings. The van der Waals surface area contributed by atoms with Gasteiger partial charge >= 0.3 is 0 Å². The third-order valence-electron chi connectivity index (χ3n) is 3.12. The first-order valence-corrected chi connectivity index (χ1v) is 7.07. The number of nitrogens with one attached hydrogen (secondary N) is 1. The topological polar surface area (TPSA) is 76.7 Å². The number of hydrogen-bond acceptors (Lipinski definition) is 4. The van der Waals surface area contributed by atoms with Crippen molar-refractivity contribution in [2.45, 2.75) is 26.3 Å². The minimum absolute atomic E-state index is 0.266. The molecule has 1 aromatic rings. The van der Waals surface area contributed by atoms with Crippen LogP contribution in [0.4, 0.5) is 0 Å². The molecule has 0 aliphatic carbocycles. The van der Waals surface area contributed by atoms with Crippen LogP contribution in [0.15, 0.2) is 34.9 Å². The van der Waals surface area contributed by atoms with Crippen molar-refractivity contribution in [2.24, 2.45) is 16.8 Å². The molecule has 0 spiro atoms. The summed E-state index contributed by atoms with van der Waals surface area (Å²) in [6.45, 7) is 4.49. The maximum absolute atomic E-state index is 11.7. The zero-order valence-corrected chi connectivity index (χ0v) is 12.4. The molecule has 1 aliphatic heterocycles. The minimum atomic E-state index is -0.528. The molecule has 5 nitrogen and oxygen atoms in total. The smallest absolute Gasteiger partial charge is 0.256 e. The first kappa shape index (κ1) is 15.3. The van der Waals surface area contributed by atoms with Gasteiger partial charge in [0.1, 0.15) is 12.4 Å². The van der Waals surface area contributed by atoms with Crippen molar-refractivity contribution < 1.29 is 9.53 Å². The number of nitrogens with two attached hydrogens (primary N) is 1. The summed E-state index contributed by atoms with van der Waals surface area (Å²) in [6, 6.07) is 7.25.